The van der Waals surface area contributed by atoms with Crippen LogP contribution in [0.2, 0.25) is 0 Å². The van der Waals surface area contributed by atoms with Gasteiger partial charge in [-0.05, 0) is 13.0 Å². The highest BCUT2D eigenvalue weighted by Gasteiger charge is 2.13. The Bertz CT molecular complexity index is 452. The van der Waals surface area contributed by atoms with Crippen LogP contribution < -0.4 is 25.3 Å². The third kappa shape index (κ3) is 4.47. The van der Waals surface area contributed by atoms with E-state index in [1.54, 1.807) is 40.4 Å². The Hall–Kier alpha value is -1.66. The van der Waals surface area contributed by atoms with Crippen LogP contribution in [0.1, 0.15) is 12.5 Å². The van der Waals surface area contributed by atoms with Gasteiger partial charge in [-0.15, -0.1) is 12.4 Å². The molecule has 7 heteroatoms. The fourth-order valence-electron chi connectivity index (χ4n) is 1.57. The molecule has 0 aliphatic carbocycles. The minimum Gasteiger partial charge on any atom is -0.496 e. The molecule has 0 aliphatic rings. The number of nitrogens with one attached hydrogen (secondary N) is 1. The molecule has 114 valence electrons. The molecule has 0 fully saturated rings. The number of hydrogen-bond acceptors (Lipinski definition) is 5. The van der Waals surface area contributed by atoms with E-state index in [1.165, 1.54) is 0 Å². The lowest BCUT2D eigenvalue weighted by atomic mass is 10.1. The third-order valence-electron chi connectivity index (χ3n) is 2.65. The second kappa shape index (κ2) is 8.50. The Kier molecular flexibility index (Phi) is 7.79. The minimum atomic E-state index is -0.550. The zero-order chi connectivity index (χ0) is 14.4. The van der Waals surface area contributed by atoms with Crippen molar-refractivity contribution in [2.24, 2.45) is 5.73 Å². The van der Waals surface area contributed by atoms with Crippen molar-refractivity contribution in [2.75, 3.05) is 21.3 Å². The van der Waals surface area contributed by atoms with Gasteiger partial charge in [0.2, 0.25) is 5.91 Å². The average molecular weight is 305 g/mol. The number of carbonyl (C=O) groups is 1. The molecular formula is C13H21ClN2O4. The number of ether oxygens (including phenoxy) is 3. The highest BCUT2D eigenvalue weighted by atomic mass is 35.5. The Morgan fingerprint density at radius 2 is 1.65 bits per heavy atom. The molecule has 0 heterocycles. The smallest absolute Gasteiger partial charge is 0.236 e. The van der Waals surface area contributed by atoms with Crippen LogP contribution in [0.3, 0.4) is 0 Å². The van der Waals surface area contributed by atoms with Gasteiger partial charge in [-0.25, -0.2) is 0 Å². The molecule has 0 aliphatic heterocycles. The zero-order valence-corrected chi connectivity index (χ0v) is 12.9. The van der Waals surface area contributed by atoms with Crippen molar-refractivity contribution in [1.82, 2.24) is 5.32 Å². The van der Waals surface area contributed by atoms with E-state index >= 15 is 0 Å². The number of rotatable bonds is 6. The topological polar surface area (TPSA) is 82.8 Å². The largest absolute Gasteiger partial charge is 0.496 e. The van der Waals surface area contributed by atoms with E-state index in [1.807, 2.05) is 0 Å². The number of nitrogens with two attached hydrogens (primary N) is 1. The lowest BCUT2D eigenvalue weighted by Gasteiger charge is -2.15. The second-order valence-electron chi connectivity index (χ2n) is 4.03. The van der Waals surface area contributed by atoms with Crippen LogP contribution in [0.4, 0.5) is 0 Å². The monoisotopic (exact) mass is 304 g/mol. The van der Waals surface area contributed by atoms with Crippen LogP contribution in [0.15, 0.2) is 12.1 Å². The van der Waals surface area contributed by atoms with Crippen LogP contribution in [0, 0.1) is 0 Å². The maximum atomic E-state index is 11.5. The van der Waals surface area contributed by atoms with Gasteiger partial charge in [-0.2, -0.15) is 0 Å². The second-order valence-corrected chi connectivity index (χ2v) is 4.03. The van der Waals surface area contributed by atoms with Gasteiger partial charge in [-0.3, -0.25) is 4.79 Å². The Morgan fingerprint density at radius 3 is 2.10 bits per heavy atom. The molecule has 1 aromatic carbocycles. The summed E-state index contributed by atoms with van der Waals surface area (Å²) in [6, 6.07) is 2.93. The Balaban J connectivity index is 0.00000361. The molecule has 0 saturated heterocycles. The summed E-state index contributed by atoms with van der Waals surface area (Å²) in [5.74, 6) is 1.54. The van der Waals surface area contributed by atoms with Crippen molar-refractivity contribution in [3.63, 3.8) is 0 Å². The molecule has 0 bridgehead atoms. The first-order chi connectivity index (χ1) is 9.03. The molecule has 1 amide bonds. The summed E-state index contributed by atoms with van der Waals surface area (Å²) < 4.78 is 15.7. The van der Waals surface area contributed by atoms with Crippen LogP contribution in [-0.2, 0) is 11.3 Å². The summed E-state index contributed by atoms with van der Waals surface area (Å²) >= 11 is 0. The predicted molar refractivity (Wildman–Crippen MR) is 78.8 cm³/mol. The van der Waals surface area contributed by atoms with Gasteiger partial charge in [0.25, 0.3) is 0 Å². The molecule has 6 nitrogen and oxygen atoms in total. The van der Waals surface area contributed by atoms with Crippen molar-refractivity contribution >= 4 is 18.3 Å². The summed E-state index contributed by atoms with van der Waals surface area (Å²) in [7, 11) is 4.65. The van der Waals surface area contributed by atoms with Crippen molar-refractivity contribution in [3.05, 3.63) is 17.7 Å². The number of methoxy groups -OCH3 is 3. The number of carbonyl (C=O) groups excluding carboxylic acids is 1. The average Bonchev–Trinajstić information content (AvgIpc) is 2.43. The molecular weight excluding hydrogens is 284 g/mol. The molecule has 0 spiro atoms. The first-order valence-corrected chi connectivity index (χ1v) is 5.85. The van der Waals surface area contributed by atoms with Crippen LogP contribution in [-0.4, -0.2) is 33.3 Å². The Morgan fingerprint density at radius 1 is 1.15 bits per heavy atom. The highest BCUT2D eigenvalue weighted by Crippen LogP contribution is 2.34. The van der Waals surface area contributed by atoms with Gasteiger partial charge < -0.3 is 25.3 Å². The van der Waals surface area contributed by atoms with Gasteiger partial charge in [0, 0.05) is 18.2 Å². The molecule has 1 atom stereocenters. The van der Waals surface area contributed by atoms with E-state index in [0.717, 1.165) is 5.56 Å². The standard InChI is InChI=1S/C13H20N2O4.ClH/c1-8(14)13(16)15-7-9-5-11(18-3)12(19-4)6-10(9)17-2;/h5-6,8H,7,14H2,1-4H3,(H,15,16);1H/t8-;/m0./s1. The zero-order valence-electron chi connectivity index (χ0n) is 12.1. The fourth-order valence-corrected chi connectivity index (χ4v) is 1.57. The molecule has 0 aromatic heterocycles. The first kappa shape index (κ1) is 18.3. The van der Waals surface area contributed by atoms with Gasteiger partial charge in [-0.1, -0.05) is 0 Å². The quantitative estimate of drug-likeness (QED) is 0.822. The summed E-state index contributed by atoms with van der Waals surface area (Å²) in [4.78, 5) is 11.5. The fraction of sp³-hybridized carbons (Fsp3) is 0.462. The van der Waals surface area contributed by atoms with Crippen LogP contribution in [0.25, 0.3) is 0 Å². The van der Waals surface area contributed by atoms with E-state index in [0.29, 0.717) is 23.8 Å². The molecule has 0 unspecified atom stereocenters. The van der Waals surface area contributed by atoms with Gasteiger partial charge in [0.1, 0.15) is 5.75 Å². The van der Waals surface area contributed by atoms with Crippen molar-refractivity contribution in [3.8, 4) is 17.2 Å². The van der Waals surface area contributed by atoms with Crippen molar-refractivity contribution in [1.29, 1.82) is 0 Å². The maximum absolute atomic E-state index is 11.5. The first-order valence-electron chi connectivity index (χ1n) is 5.85. The molecule has 20 heavy (non-hydrogen) atoms. The SMILES string of the molecule is COc1cc(OC)c(OC)cc1CNC(=O)[C@H](C)N.Cl. The van der Waals surface area contributed by atoms with E-state index in [2.05, 4.69) is 5.32 Å². The number of amides is 1. The molecule has 3 N–H and O–H groups in total. The van der Waals surface area contributed by atoms with E-state index < -0.39 is 6.04 Å². The number of benzene rings is 1. The Labute approximate surface area is 125 Å². The van der Waals surface area contributed by atoms with E-state index in [-0.39, 0.29) is 18.3 Å². The maximum Gasteiger partial charge on any atom is 0.236 e. The normalized spacial score (nSPS) is 11.1. The summed E-state index contributed by atoms with van der Waals surface area (Å²) in [5.41, 5.74) is 6.27. The lowest BCUT2D eigenvalue weighted by molar-refractivity contribution is -0.122. The summed E-state index contributed by atoms with van der Waals surface area (Å²) in [5, 5.41) is 2.72. The molecule has 1 rings (SSSR count). The van der Waals surface area contributed by atoms with Crippen molar-refractivity contribution < 1.29 is 19.0 Å². The van der Waals surface area contributed by atoms with Gasteiger partial charge in [0.05, 0.1) is 27.4 Å². The van der Waals surface area contributed by atoms with Crippen LogP contribution in [0.5, 0.6) is 17.2 Å². The highest BCUT2D eigenvalue weighted by molar-refractivity contribution is 5.85. The molecule has 1 aromatic rings. The van der Waals surface area contributed by atoms with E-state index in [9.17, 15) is 4.79 Å². The summed E-state index contributed by atoms with van der Waals surface area (Å²) in [6.45, 7) is 1.94. The van der Waals surface area contributed by atoms with Gasteiger partial charge >= 0.3 is 0 Å². The third-order valence-corrected chi connectivity index (χ3v) is 2.65. The number of halogens is 1. The van der Waals surface area contributed by atoms with Gasteiger partial charge in [0.15, 0.2) is 11.5 Å². The minimum absolute atomic E-state index is 0. The lowest BCUT2D eigenvalue weighted by Crippen LogP contribution is -2.37. The van der Waals surface area contributed by atoms with Crippen LogP contribution >= 0.6 is 12.4 Å². The molecule has 0 radical (unpaired) electrons. The van der Waals surface area contributed by atoms with E-state index in [4.69, 9.17) is 19.9 Å². The number of hydrogen-bond donors (Lipinski definition) is 2. The summed E-state index contributed by atoms with van der Waals surface area (Å²) in [6.07, 6.45) is 0. The molecule has 0 saturated carbocycles. The van der Waals surface area contributed by atoms with Crippen molar-refractivity contribution in [2.45, 2.75) is 19.5 Å². The predicted octanol–water partition coefficient (Wildman–Crippen LogP) is 1.10.